The van der Waals surface area contributed by atoms with Gasteiger partial charge in [0.05, 0.1) is 24.7 Å². The number of pyridine rings is 1. The van der Waals surface area contributed by atoms with Crippen LogP contribution in [0.15, 0.2) is 54.4 Å². The molecule has 4 rings (SSSR count). The molecule has 4 aromatic rings. The van der Waals surface area contributed by atoms with Crippen molar-refractivity contribution < 1.29 is 14.3 Å². The molecule has 1 aromatic carbocycles. The zero-order valence-electron chi connectivity index (χ0n) is 19.0. The average molecular weight is 477 g/mol. The summed E-state index contributed by atoms with van der Waals surface area (Å²) in [6.45, 7) is 4.97. The van der Waals surface area contributed by atoms with Gasteiger partial charge in [-0.3, -0.25) is 15.1 Å². The smallest absolute Gasteiger partial charge is 0.257 e. The lowest BCUT2D eigenvalue weighted by Crippen LogP contribution is -2.11. The third-order valence-corrected chi connectivity index (χ3v) is 5.65. The summed E-state index contributed by atoms with van der Waals surface area (Å²) >= 11 is 1.39. The van der Waals surface area contributed by atoms with Crippen LogP contribution in [0.2, 0.25) is 0 Å². The summed E-state index contributed by atoms with van der Waals surface area (Å²) in [6.07, 6.45) is 6.37. The molecule has 2 N–H and O–H groups in total. The van der Waals surface area contributed by atoms with E-state index >= 15 is 0 Å². The number of aryl methyl sites for hydroxylation is 2. The SMILES string of the molecule is COCCOc1cnc(Nc2cc(C)c(-c3csc(NC(=O)c4ccncc4)n3)c(C)c2)cn1. The van der Waals surface area contributed by atoms with E-state index in [1.54, 1.807) is 44.0 Å². The minimum absolute atomic E-state index is 0.215. The van der Waals surface area contributed by atoms with E-state index in [4.69, 9.17) is 9.47 Å². The standard InChI is InChI=1S/C24H24N6O3S/c1-15-10-18(28-20-12-27-21(13-26-20)33-9-8-32-3)11-16(2)22(15)19-14-34-24(29-19)30-23(31)17-4-6-25-7-5-17/h4-7,10-14H,8-9H2,1-3H3,(H,26,28)(H,29,30,31). The Kier molecular flexibility index (Phi) is 7.41. The van der Waals surface area contributed by atoms with Crippen LogP contribution >= 0.6 is 11.3 Å². The third kappa shape index (κ3) is 5.72. The Bertz CT molecular complexity index is 1240. The Balaban J connectivity index is 1.45. The molecule has 0 aliphatic carbocycles. The van der Waals surface area contributed by atoms with Gasteiger partial charge in [0.25, 0.3) is 5.91 Å². The molecule has 174 valence electrons. The second-order valence-electron chi connectivity index (χ2n) is 7.42. The molecule has 0 radical (unpaired) electrons. The van der Waals surface area contributed by atoms with Gasteiger partial charge in [0.15, 0.2) is 5.13 Å². The molecule has 0 aliphatic rings. The first kappa shape index (κ1) is 23.3. The molecule has 0 saturated heterocycles. The largest absolute Gasteiger partial charge is 0.474 e. The predicted molar refractivity (Wildman–Crippen MR) is 132 cm³/mol. The number of carbonyl (C=O) groups is 1. The maximum Gasteiger partial charge on any atom is 0.257 e. The van der Waals surface area contributed by atoms with Crippen LogP contribution in [0.3, 0.4) is 0 Å². The summed E-state index contributed by atoms with van der Waals surface area (Å²) in [5, 5.41) is 8.61. The van der Waals surface area contributed by atoms with E-state index in [0.717, 1.165) is 28.1 Å². The number of hydrogen-bond donors (Lipinski definition) is 2. The highest BCUT2D eigenvalue weighted by molar-refractivity contribution is 7.14. The van der Waals surface area contributed by atoms with Crippen molar-refractivity contribution in [2.24, 2.45) is 0 Å². The fourth-order valence-electron chi connectivity index (χ4n) is 3.39. The molecule has 0 bridgehead atoms. The minimum atomic E-state index is -0.215. The van der Waals surface area contributed by atoms with Gasteiger partial charge in [-0.05, 0) is 49.2 Å². The Morgan fingerprint density at radius 2 is 1.82 bits per heavy atom. The number of nitrogens with zero attached hydrogens (tertiary/aromatic N) is 4. The molecular weight excluding hydrogens is 452 g/mol. The summed E-state index contributed by atoms with van der Waals surface area (Å²) in [7, 11) is 1.62. The zero-order chi connectivity index (χ0) is 23.9. The highest BCUT2D eigenvalue weighted by Crippen LogP contribution is 2.33. The zero-order valence-corrected chi connectivity index (χ0v) is 19.8. The van der Waals surface area contributed by atoms with Gasteiger partial charge in [0.1, 0.15) is 12.4 Å². The number of anilines is 3. The van der Waals surface area contributed by atoms with Crippen molar-refractivity contribution in [1.82, 2.24) is 19.9 Å². The predicted octanol–water partition coefficient (Wildman–Crippen LogP) is 4.63. The second-order valence-corrected chi connectivity index (χ2v) is 8.28. The number of thiazole rings is 1. The van der Waals surface area contributed by atoms with Gasteiger partial charge in [-0.1, -0.05) is 0 Å². The number of hydrogen-bond acceptors (Lipinski definition) is 9. The van der Waals surface area contributed by atoms with E-state index in [0.29, 0.717) is 35.6 Å². The van der Waals surface area contributed by atoms with Crippen molar-refractivity contribution in [2.45, 2.75) is 13.8 Å². The van der Waals surface area contributed by atoms with Crippen molar-refractivity contribution in [2.75, 3.05) is 31.0 Å². The van der Waals surface area contributed by atoms with E-state index in [2.05, 4.69) is 30.6 Å². The first-order valence-electron chi connectivity index (χ1n) is 10.5. The summed E-state index contributed by atoms with van der Waals surface area (Å²) in [4.78, 5) is 29.6. The molecule has 1 amide bonds. The van der Waals surface area contributed by atoms with E-state index in [-0.39, 0.29) is 5.91 Å². The van der Waals surface area contributed by atoms with Gasteiger partial charge < -0.3 is 14.8 Å². The van der Waals surface area contributed by atoms with E-state index < -0.39 is 0 Å². The monoisotopic (exact) mass is 476 g/mol. The summed E-state index contributed by atoms with van der Waals surface area (Å²) in [5.74, 6) is 0.841. The lowest BCUT2D eigenvalue weighted by atomic mass is 9.99. The van der Waals surface area contributed by atoms with Crippen LogP contribution in [0.5, 0.6) is 5.88 Å². The number of nitrogens with one attached hydrogen (secondary N) is 2. The van der Waals surface area contributed by atoms with Crippen molar-refractivity contribution in [3.05, 3.63) is 71.1 Å². The maximum atomic E-state index is 12.4. The number of carbonyl (C=O) groups excluding carboxylic acids is 1. The first-order valence-corrected chi connectivity index (χ1v) is 11.4. The van der Waals surface area contributed by atoms with Crippen LogP contribution in [-0.4, -0.2) is 46.2 Å². The molecule has 34 heavy (non-hydrogen) atoms. The number of rotatable bonds is 9. The molecule has 0 fully saturated rings. The molecule has 0 atom stereocenters. The van der Waals surface area contributed by atoms with Crippen molar-refractivity contribution >= 4 is 33.9 Å². The lowest BCUT2D eigenvalue weighted by Gasteiger charge is -2.12. The Labute approximate surface area is 201 Å². The quantitative estimate of drug-likeness (QED) is 0.336. The lowest BCUT2D eigenvalue weighted by molar-refractivity contribution is 0.102. The Morgan fingerprint density at radius 3 is 2.50 bits per heavy atom. The van der Waals surface area contributed by atoms with E-state index in [1.807, 2.05) is 31.4 Å². The van der Waals surface area contributed by atoms with Crippen LogP contribution in [0, 0.1) is 13.8 Å². The fraction of sp³-hybridized carbons (Fsp3) is 0.208. The number of benzene rings is 1. The minimum Gasteiger partial charge on any atom is -0.474 e. The molecule has 0 unspecified atom stereocenters. The van der Waals surface area contributed by atoms with Gasteiger partial charge in [0, 0.05) is 41.7 Å². The average Bonchev–Trinajstić information content (AvgIpc) is 3.28. The van der Waals surface area contributed by atoms with Crippen molar-refractivity contribution in [3.8, 4) is 17.1 Å². The molecule has 0 aliphatic heterocycles. The second kappa shape index (κ2) is 10.8. The normalized spacial score (nSPS) is 10.7. The summed E-state index contributed by atoms with van der Waals surface area (Å²) in [6, 6.07) is 7.38. The number of methoxy groups -OCH3 is 1. The van der Waals surface area contributed by atoms with Gasteiger partial charge in [-0.15, -0.1) is 11.3 Å². The van der Waals surface area contributed by atoms with Crippen LogP contribution in [0.1, 0.15) is 21.5 Å². The van der Waals surface area contributed by atoms with Crippen LogP contribution in [0.4, 0.5) is 16.6 Å². The first-order chi connectivity index (χ1) is 16.5. The summed E-state index contributed by atoms with van der Waals surface area (Å²) < 4.78 is 10.4. The number of aromatic nitrogens is 4. The topological polar surface area (TPSA) is 111 Å². The van der Waals surface area contributed by atoms with Crippen molar-refractivity contribution in [1.29, 1.82) is 0 Å². The molecule has 3 aromatic heterocycles. The Hall–Kier alpha value is -3.89. The molecule has 0 saturated carbocycles. The molecular formula is C24H24N6O3S. The van der Waals surface area contributed by atoms with Gasteiger partial charge in [-0.25, -0.2) is 15.0 Å². The molecule has 9 nitrogen and oxygen atoms in total. The van der Waals surface area contributed by atoms with Crippen LogP contribution in [-0.2, 0) is 4.74 Å². The third-order valence-electron chi connectivity index (χ3n) is 4.89. The number of amides is 1. The number of ether oxygens (including phenoxy) is 2. The Morgan fingerprint density at radius 1 is 1.06 bits per heavy atom. The molecule has 0 spiro atoms. The van der Waals surface area contributed by atoms with Gasteiger partial charge in [-0.2, -0.15) is 0 Å². The summed E-state index contributed by atoms with van der Waals surface area (Å²) in [5.41, 5.74) is 5.36. The highest BCUT2D eigenvalue weighted by atomic mass is 32.1. The van der Waals surface area contributed by atoms with Gasteiger partial charge >= 0.3 is 0 Å². The fourth-order valence-corrected chi connectivity index (χ4v) is 4.09. The molecule has 3 heterocycles. The van der Waals surface area contributed by atoms with E-state index in [9.17, 15) is 4.79 Å². The van der Waals surface area contributed by atoms with Crippen LogP contribution in [0.25, 0.3) is 11.3 Å². The highest BCUT2D eigenvalue weighted by Gasteiger charge is 2.14. The van der Waals surface area contributed by atoms with Crippen molar-refractivity contribution in [3.63, 3.8) is 0 Å². The van der Waals surface area contributed by atoms with Gasteiger partial charge in [0.2, 0.25) is 5.88 Å². The van der Waals surface area contributed by atoms with E-state index in [1.165, 1.54) is 11.3 Å². The molecule has 10 heteroatoms. The van der Waals surface area contributed by atoms with Crippen LogP contribution < -0.4 is 15.4 Å². The maximum absolute atomic E-state index is 12.4.